The summed E-state index contributed by atoms with van der Waals surface area (Å²) in [6.07, 6.45) is -13.5. The molecule has 0 amide bonds. The summed E-state index contributed by atoms with van der Waals surface area (Å²) < 4.78 is 10.8. The van der Waals surface area contributed by atoms with E-state index in [9.17, 15) is 35.7 Å². The number of ether oxygens (including phenoxy) is 2. The third kappa shape index (κ3) is 6.06. The van der Waals surface area contributed by atoms with Gasteiger partial charge in [-0.25, -0.2) is 0 Å². The predicted molar refractivity (Wildman–Crippen MR) is 87.8 cm³/mol. The van der Waals surface area contributed by atoms with E-state index in [2.05, 4.69) is 0 Å². The van der Waals surface area contributed by atoms with Gasteiger partial charge < -0.3 is 50.3 Å². The average Bonchev–Trinajstić information content (AvgIpc) is 2.58. The Morgan fingerprint density at radius 3 is 1.96 bits per heavy atom. The summed E-state index contributed by atoms with van der Waals surface area (Å²) in [4.78, 5) is 0. The molecule has 10 heteroatoms. The number of hydrogen-bond acceptors (Lipinski definition) is 10. The van der Waals surface area contributed by atoms with Crippen LogP contribution in [-0.4, -0.2) is 109 Å². The van der Waals surface area contributed by atoms with Crippen LogP contribution in [0.15, 0.2) is 0 Å². The Morgan fingerprint density at radius 1 is 0.923 bits per heavy atom. The van der Waals surface area contributed by atoms with Crippen molar-refractivity contribution in [3.63, 3.8) is 0 Å². The molecule has 0 unspecified atom stereocenters. The quantitative estimate of drug-likeness (QED) is 0.211. The van der Waals surface area contributed by atoms with Gasteiger partial charge in [0.1, 0.15) is 42.7 Å². The Bertz CT molecular complexity index is 412. The minimum atomic E-state index is -1.72. The fourth-order valence-corrected chi connectivity index (χ4v) is 2.76. The van der Waals surface area contributed by atoms with Crippen molar-refractivity contribution >= 4 is 0 Å². The molecular formula is C16H32O10. The molecule has 1 saturated heterocycles. The van der Waals surface area contributed by atoms with E-state index in [1.54, 1.807) is 0 Å². The summed E-state index contributed by atoms with van der Waals surface area (Å²) in [6, 6.07) is 0. The highest BCUT2D eigenvalue weighted by molar-refractivity contribution is 4.91. The first kappa shape index (κ1) is 23.6. The van der Waals surface area contributed by atoms with Gasteiger partial charge in [0.15, 0.2) is 6.29 Å². The minimum absolute atomic E-state index is 0.165. The van der Waals surface area contributed by atoms with Gasteiger partial charge in [-0.05, 0) is 11.8 Å². The molecule has 26 heavy (non-hydrogen) atoms. The van der Waals surface area contributed by atoms with Gasteiger partial charge in [0.25, 0.3) is 0 Å². The lowest BCUT2D eigenvalue weighted by Gasteiger charge is -2.42. The Hall–Kier alpha value is -0.400. The fourth-order valence-electron chi connectivity index (χ4n) is 2.76. The van der Waals surface area contributed by atoms with Crippen molar-refractivity contribution < 1.29 is 50.3 Å². The maximum atomic E-state index is 10.4. The first-order chi connectivity index (χ1) is 11.9. The summed E-state index contributed by atoms with van der Waals surface area (Å²) in [5.74, 6) is 0. The highest BCUT2D eigenvalue weighted by Gasteiger charge is 2.46. The van der Waals surface area contributed by atoms with Crippen LogP contribution in [-0.2, 0) is 9.47 Å². The van der Waals surface area contributed by atoms with Crippen molar-refractivity contribution in [2.24, 2.45) is 5.41 Å². The van der Waals surface area contributed by atoms with Gasteiger partial charge in [0.2, 0.25) is 0 Å². The van der Waals surface area contributed by atoms with Crippen molar-refractivity contribution in [2.75, 3.05) is 13.2 Å². The third-order valence-electron chi connectivity index (χ3n) is 4.28. The van der Waals surface area contributed by atoms with Gasteiger partial charge in [-0.2, -0.15) is 0 Å². The smallest absolute Gasteiger partial charge is 0.187 e. The number of rotatable bonds is 8. The van der Waals surface area contributed by atoms with Crippen LogP contribution >= 0.6 is 0 Å². The van der Waals surface area contributed by atoms with E-state index in [-0.39, 0.29) is 6.42 Å². The van der Waals surface area contributed by atoms with Gasteiger partial charge in [0.05, 0.1) is 19.3 Å². The van der Waals surface area contributed by atoms with Gasteiger partial charge >= 0.3 is 0 Å². The molecule has 1 aliphatic rings. The molecule has 9 atom stereocenters. The number of aliphatic hydroxyl groups excluding tert-OH is 8. The van der Waals surface area contributed by atoms with E-state index in [1.165, 1.54) is 0 Å². The molecule has 0 spiro atoms. The summed E-state index contributed by atoms with van der Waals surface area (Å²) >= 11 is 0. The number of aliphatic hydroxyl groups is 8. The van der Waals surface area contributed by atoms with Crippen LogP contribution in [0.1, 0.15) is 27.2 Å². The zero-order chi connectivity index (χ0) is 20.2. The van der Waals surface area contributed by atoms with E-state index in [1.807, 2.05) is 20.8 Å². The van der Waals surface area contributed by atoms with Crippen LogP contribution < -0.4 is 0 Å². The van der Waals surface area contributed by atoms with Crippen LogP contribution in [0.25, 0.3) is 0 Å². The highest BCUT2D eigenvalue weighted by atomic mass is 16.7. The second-order valence-electron chi connectivity index (χ2n) is 7.87. The molecule has 156 valence electrons. The maximum absolute atomic E-state index is 10.4. The van der Waals surface area contributed by atoms with E-state index in [0.29, 0.717) is 0 Å². The van der Waals surface area contributed by atoms with Gasteiger partial charge in [-0.3, -0.25) is 0 Å². The van der Waals surface area contributed by atoms with E-state index in [4.69, 9.17) is 14.6 Å². The normalized spacial score (nSPS) is 35.0. The third-order valence-corrected chi connectivity index (χ3v) is 4.28. The van der Waals surface area contributed by atoms with E-state index < -0.39 is 73.8 Å². The Morgan fingerprint density at radius 2 is 1.50 bits per heavy atom. The molecule has 0 aromatic heterocycles. The zero-order valence-electron chi connectivity index (χ0n) is 15.2. The first-order valence-corrected chi connectivity index (χ1v) is 8.54. The molecule has 0 aromatic carbocycles. The SMILES string of the molecule is CC(C)(C)C[C@H](O[C@H]1O[C@H](CO)[C@@H](O)[C@H](O)[C@H]1O)[C@@H](O)[C@H](O)[C@H](O)CO. The summed E-state index contributed by atoms with van der Waals surface area (Å²) in [6.45, 7) is 4.08. The Labute approximate surface area is 152 Å². The predicted octanol–water partition coefficient (Wildman–Crippen LogP) is -3.32. The Kier molecular flexibility index (Phi) is 8.81. The van der Waals surface area contributed by atoms with E-state index >= 15 is 0 Å². The molecule has 1 heterocycles. The molecule has 8 N–H and O–H groups in total. The van der Waals surface area contributed by atoms with Gasteiger partial charge in [-0.1, -0.05) is 20.8 Å². The largest absolute Gasteiger partial charge is 0.394 e. The molecule has 1 rings (SSSR count). The lowest BCUT2D eigenvalue weighted by molar-refractivity contribution is -0.322. The first-order valence-electron chi connectivity index (χ1n) is 8.54. The summed E-state index contributed by atoms with van der Waals surface area (Å²) in [7, 11) is 0. The minimum Gasteiger partial charge on any atom is -0.394 e. The van der Waals surface area contributed by atoms with Crippen molar-refractivity contribution in [3.05, 3.63) is 0 Å². The molecule has 0 bridgehead atoms. The van der Waals surface area contributed by atoms with E-state index in [0.717, 1.165) is 0 Å². The molecule has 0 aromatic rings. The van der Waals surface area contributed by atoms with Crippen LogP contribution in [0.2, 0.25) is 0 Å². The van der Waals surface area contributed by atoms with Gasteiger partial charge in [0, 0.05) is 0 Å². The van der Waals surface area contributed by atoms with Crippen LogP contribution in [0.5, 0.6) is 0 Å². The molecule has 10 nitrogen and oxygen atoms in total. The summed E-state index contributed by atoms with van der Waals surface area (Å²) in [5.41, 5.74) is -0.399. The molecule has 0 aliphatic carbocycles. The van der Waals surface area contributed by atoms with Crippen LogP contribution in [0, 0.1) is 5.41 Å². The van der Waals surface area contributed by atoms with Crippen molar-refractivity contribution in [1.82, 2.24) is 0 Å². The second-order valence-corrected chi connectivity index (χ2v) is 7.87. The van der Waals surface area contributed by atoms with Crippen molar-refractivity contribution in [1.29, 1.82) is 0 Å². The average molecular weight is 384 g/mol. The van der Waals surface area contributed by atoms with Crippen LogP contribution in [0.3, 0.4) is 0 Å². The van der Waals surface area contributed by atoms with Crippen LogP contribution in [0.4, 0.5) is 0 Å². The molecule has 1 fully saturated rings. The lowest BCUT2D eigenvalue weighted by atomic mass is 9.85. The topological polar surface area (TPSA) is 180 Å². The molecule has 0 radical (unpaired) electrons. The Balaban J connectivity index is 2.97. The fraction of sp³-hybridized carbons (Fsp3) is 1.00. The standard InChI is InChI=1S/C16H32O10/c1-16(2,3)4-8(11(21)10(20)7(19)5-17)25-15-14(24)13(23)12(22)9(6-18)26-15/h7-15,17-24H,4-6H2,1-3H3/t7-,8+,9-,10-,11-,12-,13+,14-,15+/m1/s1. The number of hydrogen-bond donors (Lipinski definition) is 8. The highest BCUT2D eigenvalue weighted by Crippen LogP contribution is 2.30. The molecule has 0 saturated carbocycles. The summed E-state index contributed by atoms with van der Waals surface area (Å²) in [5, 5.41) is 77.7. The lowest BCUT2D eigenvalue weighted by Crippen LogP contribution is -2.60. The van der Waals surface area contributed by atoms with Gasteiger partial charge in [-0.15, -0.1) is 0 Å². The second kappa shape index (κ2) is 9.69. The monoisotopic (exact) mass is 384 g/mol. The maximum Gasteiger partial charge on any atom is 0.187 e. The van der Waals surface area contributed by atoms with Crippen molar-refractivity contribution in [3.8, 4) is 0 Å². The molecular weight excluding hydrogens is 352 g/mol. The zero-order valence-corrected chi connectivity index (χ0v) is 15.2. The molecule has 1 aliphatic heterocycles. The van der Waals surface area contributed by atoms with Crippen molar-refractivity contribution in [2.45, 2.75) is 82.3 Å².